The van der Waals surface area contributed by atoms with Gasteiger partial charge in [0.25, 0.3) is 0 Å². The number of aromatic nitrogens is 3. The summed E-state index contributed by atoms with van der Waals surface area (Å²) in [5.74, 6) is 0.0526. The van der Waals surface area contributed by atoms with E-state index in [0.29, 0.717) is 24.6 Å². The Labute approximate surface area is 179 Å². The molecule has 30 heavy (non-hydrogen) atoms. The average Bonchev–Trinajstić information content (AvgIpc) is 3.28. The molecule has 8 heteroatoms. The van der Waals surface area contributed by atoms with E-state index in [4.69, 9.17) is 21.1 Å². The molecule has 2 aliphatic rings. The van der Waals surface area contributed by atoms with Crippen LogP contribution in [0.15, 0.2) is 24.7 Å². The van der Waals surface area contributed by atoms with Crippen LogP contribution in [0.4, 0.5) is 5.69 Å². The van der Waals surface area contributed by atoms with Crippen LogP contribution in [0, 0.1) is 6.92 Å². The van der Waals surface area contributed by atoms with Crippen molar-refractivity contribution in [2.45, 2.75) is 38.4 Å². The van der Waals surface area contributed by atoms with Crippen molar-refractivity contribution < 1.29 is 14.3 Å². The standard InChI is InChI=1S/C22H23ClN4O3/c1-12-16(9-25-22-21(12)17(23)10-26-22)13-5-19-18(24-8-13)7-20(28)27(19)11-15-6-14(29-2)3-4-30-15/h5,8-10,14-15H,3-4,6-7,11H2,1-2H3,(H,25,26)/t14-,15+/m0/s1. The number of methoxy groups -OCH3 is 1. The summed E-state index contributed by atoms with van der Waals surface area (Å²) in [5.41, 5.74) is 5.30. The fourth-order valence-corrected chi connectivity index (χ4v) is 4.75. The molecule has 156 valence electrons. The van der Waals surface area contributed by atoms with Crippen molar-refractivity contribution in [1.29, 1.82) is 0 Å². The molecule has 1 saturated heterocycles. The Morgan fingerprint density at radius 2 is 2.23 bits per heavy atom. The van der Waals surface area contributed by atoms with Gasteiger partial charge in [-0.15, -0.1) is 0 Å². The summed E-state index contributed by atoms with van der Waals surface area (Å²) < 4.78 is 11.4. The Morgan fingerprint density at radius 1 is 1.37 bits per heavy atom. The number of carbonyl (C=O) groups excluding carboxylic acids is 1. The highest BCUT2D eigenvalue weighted by atomic mass is 35.5. The Bertz CT molecular complexity index is 1130. The molecular formula is C22H23ClN4O3. The maximum absolute atomic E-state index is 12.7. The van der Waals surface area contributed by atoms with Crippen LogP contribution in [0.5, 0.6) is 0 Å². The van der Waals surface area contributed by atoms with Crippen molar-refractivity contribution in [1.82, 2.24) is 15.0 Å². The van der Waals surface area contributed by atoms with Crippen molar-refractivity contribution in [3.8, 4) is 11.1 Å². The zero-order chi connectivity index (χ0) is 20.8. The Morgan fingerprint density at radius 3 is 3.07 bits per heavy atom. The highest BCUT2D eigenvalue weighted by Crippen LogP contribution is 2.36. The zero-order valence-electron chi connectivity index (χ0n) is 16.9. The van der Waals surface area contributed by atoms with Crippen molar-refractivity contribution >= 4 is 34.2 Å². The first-order chi connectivity index (χ1) is 14.5. The molecule has 0 bridgehead atoms. The molecule has 0 aromatic carbocycles. The number of H-pyrrole nitrogens is 1. The number of aromatic amines is 1. The summed E-state index contributed by atoms with van der Waals surface area (Å²) in [6.07, 6.45) is 7.50. The molecule has 1 fully saturated rings. The number of nitrogens with zero attached hydrogens (tertiary/aromatic N) is 3. The molecule has 1 N–H and O–H groups in total. The molecule has 0 aliphatic carbocycles. The van der Waals surface area contributed by atoms with Gasteiger partial charge >= 0.3 is 0 Å². The van der Waals surface area contributed by atoms with Gasteiger partial charge in [0.15, 0.2) is 0 Å². The van der Waals surface area contributed by atoms with Gasteiger partial charge in [-0.1, -0.05) is 11.6 Å². The SMILES string of the molecule is CO[C@H]1CCO[C@@H](CN2C(=O)Cc3ncc(-c4cnc5[nH]cc(Cl)c5c4C)cc32)C1. The van der Waals surface area contributed by atoms with Gasteiger partial charge < -0.3 is 19.4 Å². The van der Waals surface area contributed by atoms with E-state index in [1.165, 1.54) is 0 Å². The van der Waals surface area contributed by atoms with Gasteiger partial charge in [0.05, 0.1) is 41.6 Å². The molecule has 2 aliphatic heterocycles. The first-order valence-electron chi connectivity index (χ1n) is 10.1. The second-order valence-electron chi connectivity index (χ2n) is 7.90. The van der Waals surface area contributed by atoms with Crippen molar-refractivity contribution in [2.75, 3.05) is 25.2 Å². The Hall–Kier alpha value is -2.48. The monoisotopic (exact) mass is 426 g/mol. The largest absolute Gasteiger partial charge is 0.381 e. The number of rotatable bonds is 4. The number of ether oxygens (including phenoxy) is 2. The summed E-state index contributed by atoms with van der Waals surface area (Å²) in [5, 5.41) is 1.55. The minimum Gasteiger partial charge on any atom is -0.381 e. The van der Waals surface area contributed by atoms with Gasteiger partial charge in [-0.25, -0.2) is 4.98 Å². The van der Waals surface area contributed by atoms with E-state index in [2.05, 4.69) is 15.0 Å². The minimum atomic E-state index is -0.0410. The molecule has 5 heterocycles. The molecule has 0 unspecified atom stereocenters. The third kappa shape index (κ3) is 3.27. The molecule has 0 spiro atoms. The summed E-state index contributed by atoms with van der Waals surface area (Å²) in [7, 11) is 1.73. The first kappa shape index (κ1) is 19.5. The van der Waals surface area contributed by atoms with E-state index in [9.17, 15) is 4.79 Å². The van der Waals surface area contributed by atoms with Crippen molar-refractivity contribution in [2.24, 2.45) is 0 Å². The van der Waals surface area contributed by atoms with Crippen molar-refractivity contribution in [3.63, 3.8) is 0 Å². The van der Waals surface area contributed by atoms with Crippen LogP contribution in [0.2, 0.25) is 5.02 Å². The molecule has 0 saturated carbocycles. The van der Waals surface area contributed by atoms with Gasteiger partial charge in [-0.2, -0.15) is 0 Å². The van der Waals surface area contributed by atoms with Gasteiger partial charge in [0, 0.05) is 55.2 Å². The van der Waals surface area contributed by atoms with E-state index in [1.54, 1.807) is 18.2 Å². The molecule has 3 aromatic rings. The summed E-state index contributed by atoms with van der Waals surface area (Å²) in [6, 6.07) is 2.03. The van der Waals surface area contributed by atoms with Gasteiger partial charge in [0.2, 0.25) is 5.91 Å². The number of anilines is 1. The van der Waals surface area contributed by atoms with Gasteiger partial charge in [-0.3, -0.25) is 9.78 Å². The second kappa shape index (κ2) is 7.65. The molecular weight excluding hydrogens is 404 g/mol. The maximum atomic E-state index is 12.7. The summed E-state index contributed by atoms with van der Waals surface area (Å²) in [6.45, 7) is 3.19. The molecule has 3 aromatic heterocycles. The van der Waals surface area contributed by atoms with Crippen molar-refractivity contribution in [3.05, 3.63) is 40.9 Å². The second-order valence-corrected chi connectivity index (χ2v) is 8.31. The lowest BCUT2D eigenvalue weighted by atomic mass is 10.0. The average molecular weight is 427 g/mol. The highest BCUT2D eigenvalue weighted by Gasteiger charge is 2.33. The number of aryl methyl sites for hydroxylation is 1. The lowest BCUT2D eigenvalue weighted by molar-refractivity contribution is -0.118. The number of fused-ring (bicyclic) bond motifs is 2. The summed E-state index contributed by atoms with van der Waals surface area (Å²) in [4.78, 5) is 26.7. The van der Waals surface area contributed by atoms with Crippen LogP contribution in [-0.2, 0) is 20.7 Å². The third-order valence-corrected chi connectivity index (χ3v) is 6.42. The van der Waals surface area contributed by atoms with Crippen LogP contribution in [-0.4, -0.2) is 53.3 Å². The van der Waals surface area contributed by atoms with E-state index in [1.807, 2.05) is 25.4 Å². The Kier molecular flexibility index (Phi) is 4.97. The van der Waals surface area contributed by atoms with Crippen LogP contribution in [0.1, 0.15) is 24.1 Å². The molecule has 7 nitrogen and oxygen atoms in total. The molecule has 2 atom stereocenters. The van der Waals surface area contributed by atoms with E-state index >= 15 is 0 Å². The number of nitrogens with one attached hydrogen (secondary N) is 1. The number of amides is 1. The van der Waals surface area contributed by atoms with Crippen LogP contribution in [0.25, 0.3) is 22.2 Å². The minimum absolute atomic E-state index is 0.0410. The predicted octanol–water partition coefficient (Wildman–Crippen LogP) is 3.67. The van der Waals surface area contributed by atoms with Gasteiger partial charge in [-0.05, 0) is 25.0 Å². The van der Waals surface area contributed by atoms with Crippen LogP contribution in [0.3, 0.4) is 0 Å². The maximum Gasteiger partial charge on any atom is 0.233 e. The smallest absolute Gasteiger partial charge is 0.233 e. The quantitative estimate of drug-likeness (QED) is 0.688. The van der Waals surface area contributed by atoms with E-state index in [-0.39, 0.29) is 18.1 Å². The van der Waals surface area contributed by atoms with E-state index < -0.39 is 0 Å². The molecule has 0 radical (unpaired) electrons. The van der Waals surface area contributed by atoms with Crippen LogP contribution >= 0.6 is 11.6 Å². The predicted molar refractivity (Wildman–Crippen MR) is 115 cm³/mol. The molecule has 1 amide bonds. The highest BCUT2D eigenvalue weighted by molar-refractivity contribution is 6.35. The number of hydrogen-bond acceptors (Lipinski definition) is 5. The lowest BCUT2D eigenvalue weighted by Gasteiger charge is -2.31. The fourth-order valence-electron chi connectivity index (χ4n) is 4.46. The topological polar surface area (TPSA) is 80.3 Å². The number of halogens is 1. The zero-order valence-corrected chi connectivity index (χ0v) is 17.7. The van der Waals surface area contributed by atoms with E-state index in [0.717, 1.165) is 51.9 Å². The normalized spacial score (nSPS) is 21.4. The number of pyridine rings is 2. The van der Waals surface area contributed by atoms with Crippen LogP contribution < -0.4 is 4.90 Å². The lowest BCUT2D eigenvalue weighted by Crippen LogP contribution is -2.41. The Balaban J connectivity index is 1.48. The number of carbonyl (C=O) groups is 1. The fraction of sp³-hybridized carbons (Fsp3) is 0.409. The summed E-state index contributed by atoms with van der Waals surface area (Å²) >= 11 is 6.34. The third-order valence-electron chi connectivity index (χ3n) is 6.12. The number of hydrogen-bond donors (Lipinski definition) is 1. The molecule has 5 rings (SSSR count). The first-order valence-corrected chi connectivity index (χ1v) is 10.5. The van der Waals surface area contributed by atoms with Gasteiger partial charge in [0.1, 0.15) is 5.65 Å².